The first-order valence-corrected chi connectivity index (χ1v) is 10.5. The third-order valence-electron chi connectivity index (χ3n) is 5.15. The van der Waals surface area contributed by atoms with Gasteiger partial charge in [0.1, 0.15) is 0 Å². The molecule has 3 aromatic carbocycles. The van der Waals surface area contributed by atoms with E-state index < -0.39 is 0 Å². The van der Waals surface area contributed by atoms with E-state index in [2.05, 4.69) is 10.6 Å². The molecule has 0 unspecified atom stereocenters. The van der Waals surface area contributed by atoms with Crippen LogP contribution in [-0.4, -0.2) is 40.0 Å². The van der Waals surface area contributed by atoms with Crippen LogP contribution in [0.2, 0.25) is 0 Å². The minimum absolute atomic E-state index is 0.117. The van der Waals surface area contributed by atoms with Crippen molar-refractivity contribution in [3.05, 3.63) is 95.1 Å². The van der Waals surface area contributed by atoms with Gasteiger partial charge in [0.15, 0.2) is 0 Å². The summed E-state index contributed by atoms with van der Waals surface area (Å²) in [5.41, 5.74) is 5.16. The maximum atomic E-state index is 12.5. The molecule has 0 aliphatic rings. The fraction of sp³-hybridized carbons (Fsp3) is 0.231. The molecule has 2 amide bonds. The molecule has 0 radical (unpaired) electrons. The maximum Gasteiger partial charge on any atom is 0.251 e. The first kappa shape index (κ1) is 22.9. The zero-order valence-electron chi connectivity index (χ0n) is 19.1. The summed E-state index contributed by atoms with van der Waals surface area (Å²) in [6.45, 7) is 0.829. The highest BCUT2D eigenvalue weighted by atomic mass is 16.2. The SMILES string of the molecule is CN(C)c1cccc(C(=O)NCc2cccc(CNC(=O)c3cccc(N(C)C)c3)c2)c1. The van der Waals surface area contributed by atoms with Crippen molar-refractivity contribution in [3.8, 4) is 0 Å². The summed E-state index contributed by atoms with van der Waals surface area (Å²) in [7, 11) is 7.78. The van der Waals surface area contributed by atoms with Gasteiger partial charge in [-0.25, -0.2) is 0 Å². The van der Waals surface area contributed by atoms with E-state index in [-0.39, 0.29) is 11.8 Å². The van der Waals surface area contributed by atoms with Crippen molar-refractivity contribution in [1.29, 1.82) is 0 Å². The zero-order valence-corrected chi connectivity index (χ0v) is 19.1. The molecule has 0 aromatic heterocycles. The summed E-state index contributed by atoms with van der Waals surface area (Å²) >= 11 is 0. The lowest BCUT2D eigenvalue weighted by molar-refractivity contribution is 0.0943. The van der Waals surface area contributed by atoms with Gasteiger partial charge in [-0.2, -0.15) is 0 Å². The van der Waals surface area contributed by atoms with E-state index in [9.17, 15) is 9.59 Å². The van der Waals surface area contributed by atoms with E-state index in [1.54, 1.807) is 12.1 Å². The molecule has 0 saturated heterocycles. The van der Waals surface area contributed by atoms with Gasteiger partial charge in [0.25, 0.3) is 11.8 Å². The van der Waals surface area contributed by atoms with E-state index in [4.69, 9.17) is 0 Å². The van der Waals surface area contributed by atoms with E-state index in [0.717, 1.165) is 22.5 Å². The van der Waals surface area contributed by atoms with Crippen LogP contribution in [0.5, 0.6) is 0 Å². The monoisotopic (exact) mass is 430 g/mol. The van der Waals surface area contributed by atoms with Gasteiger partial charge in [-0.15, -0.1) is 0 Å². The lowest BCUT2D eigenvalue weighted by Gasteiger charge is -2.14. The van der Waals surface area contributed by atoms with Crippen molar-refractivity contribution in [3.63, 3.8) is 0 Å². The lowest BCUT2D eigenvalue weighted by Crippen LogP contribution is -2.24. The van der Waals surface area contributed by atoms with Gasteiger partial charge in [-0.1, -0.05) is 36.4 Å². The number of benzene rings is 3. The minimum atomic E-state index is -0.117. The first-order valence-electron chi connectivity index (χ1n) is 10.5. The molecular formula is C26H30N4O2. The molecule has 0 heterocycles. The maximum absolute atomic E-state index is 12.5. The van der Waals surface area contributed by atoms with Crippen LogP contribution in [0, 0.1) is 0 Å². The number of rotatable bonds is 8. The van der Waals surface area contributed by atoms with Crippen molar-refractivity contribution >= 4 is 23.2 Å². The first-order chi connectivity index (χ1) is 15.3. The summed E-state index contributed by atoms with van der Waals surface area (Å²) in [5, 5.41) is 5.93. The molecule has 3 aromatic rings. The largest absolute Gasteiger partial charge is 0.378 e. The number of nitrogens with one attached hydrogen (secondary N) is 2. The van der Waals surface area contributed by atoms with E-state index in [0.29, 0.717) is 24.2 Å². The second kappa shape index (κ2) is 10.5. The smallest absolute Gasteiger partial charge is 0.251 e. The van der Waals surface area contributed by atoms with Gasteiger partial charge >= 0.3 is 0 Å². The predicted octanol–water partition coefficient (Wildman–Crippen LogP) is 3.68. The number of carbonyl (C=O) groups is 2. The lowest BCUT2D eigenvalue weighted by atomic mass is 10.1. The van der Waals surface area contributed by atoms with Crippen LogP contribution in [0.4, 0.5) is 11.4 Å². The summed E-state index contributed by atoms with van der Waals surface area (Å²) in [5.74, 6) is -0.235. The molecule has 166 valence electrons. The molecule has 0 spiro atoms. The Labute approximate surface area is 189 Å². The predicted molar refractivity (Wildman–Crippen MR) is 130 cm³/mol. The highest BCUT2D eigenvalue weighted by Gasteiger charge is 2.09. The summed E-state index contributed by atoms with van der Waals surface area (Å²) in [6, 6.07) is 22.9. The molecule has 6 nitrogen and oxygen atoms in total. The average Bonchev–Trinajstić information content (AvgIpc) is 2.81. The molecule has 6 heteroatoms. The van der Waals surface area contributed by atoms with Crippen molar-refractivity contribution in [2.24, 2.45) is 0 Å². The van der Waals surface area contributed by atoms with Crippen molar-refractivity contribution in [1.82, 2.24) is 10.6 Å². The standard InChI is InChI=1S/C26H30N4O2/c1-29(2)23-12-6-10-21(15-23)25(31)27-17-19-8-5-9-20(14-19)18-28-26(32)22-11-7-13-24(16-22)30(3)4/h5-16H,17-18H2,1-4H3,(H,27,31)(H,28,32). The third kappa shape index (κ3) is 6.11. The van der Waals surface area contributed by atoms with Crippen molar-refractivity contribution in [2.45, 2.75) is 13.1 Å². The second-order valence-electron chi connectivity index (χ2n) is 8.07. The molecule has 0 saturated carbocycles. The summed E-state index contributed by atoms with van der Waals surface area (Å²) in [4.78, 5) is 29.0. The molecular weight excluding hydrogens is 400 g/mol. The van der Waals surface area contributed by atoms with E-state index >= 15 is 0 Å². The Morgan fingerprint density at radius 1 is 0.625 bits per heavy atom. The minimum Gasteiger partial charge on any atom is -0.378 e. The van der Waals surface area contributed by atoms with Gasteiger partial charge < -0.3 is 20.4 Å². The topological polar surface area (TPSA) is 64.7 Å². The van der Waals surface area contributed by atoms with Gasteiger partial charge in [-0.05, 0) is 47.5 Å². The number of carbonyl (C=O) groups excluding carboxylic acids is 2. The quantitative estimate of drug-likeness (QED) is 0.572. The van der Waals surface area contributed by atoms with Gasteiger partial charge in [0, 0.05) is 63.8 Å². The Kier molecular flexibility index (Phi) is 7.49. The molecule has 2 N–H and O–H groups in total. The van der Waals surface area contributed by atoms with Crippen LogP contribution in [0.3, 0.4) is 0 Å². The Hall–Kier alpha value is -3.80. The Balaban J connectivity index is 1.57. The van der Waals surface area contributed by atoms with Crippen molar-refractivity contribution in [2.75, 3.05) is 38.0 Å². The average molecular weight is 431 g/mol. The van der Waals surface area contributed by atoms with Crippen LogP contribution in [0.15, 0.2) is 72.8 Å². The number of hydrogen-bond donors (Lipinski definition) is 2. The second-order valence-corrected chi connectivity index (χ2v) is 8.07. The van der Waals surface area contributed by atoms with Crippen LogP contribution in [0.1, 0.15) is 31.8 Å². The fourth-order valence-electron chi connectivity index (χ4n) is 3.27. The molecule has 32 heavy (non-hydrogen) atoms. The molecule has 0 aliphatic heterocycles. The van der Waals surface area contributed by atoms with Crippen LogP contribution in [0.25, 0.3) is 0 Å². The molecule has 0 bridgehead atoms. The molecule has 0 fully saturated rings. The Morgan fingerprint density at radius 3 is 1.44 bits per heavy atom. The number of hydrogen-bond acceptors (Lipinski definition) is 4. The van der Waals surface area contributed by atoms with Crippen LogP contribution >= 0.6 is 0 Å². The van der Waals surface area contributed by atoms with Crippen LogP contribution < -0.4 is 20.4 Å². The van der Waals surface area contributed by atoms with Gasteiger partial charge in [-0.3, -0.25) is 9.59 Å². The van der Waals surface area contributed by atoms with Crippen LogP contribution in [-0.2, 0) is 13.1 Å². The third-order valence-corrected chi connectivity index (χ3v) is 5.15. The Morgan fingerprint density at radius 2 is 1.03 bits per heavy atom. The number of amides is 2. The number of nitrogens with zero attached hydrogens (tertiary/aromatic N) is 2. The zero-order chi connectivity index (χ0) is 23.1. The van der Waals surface area contributed by atoms with Crippen molar-refractivity contribution < 1.29 is 9.59 Å². The molecule has 0 aliphatic carbocycles. The molecule has 0 atom stereocenters. The summed E-state index contributed by atoms with van der Waals surface area (Å²) in [6.07, 6.45) is 0. The van der Waals surface area contributed by atoms with E-state index in [1.807, 2.05) is 98.7 Å². The normalized spacial score (nSPS) is 10.4. The van der Waals surface area contributed by atoms with Gasteiger partial charge in [0.05, 0.1) is 0 Å². The fourth-order valence-corrected chi connectivity index (χ4v) is 3.27. The highest BCUT2D eigenvalue weighted by Crippen LogP contribution is 2.15. The van der Waals surface area contributed by atoms with Gasteiger partial charge in [0.2, 0.25) is 0 Å². The summed E-state index contributed by atoms with van der Waals surface area (Å²) < 4.78 is 0. The highest BCUT2D eigenvalue weighted by molar-refractivity contribution is 5.95. The van der Waals surface area contributed by atoms with E-state index in [1.165, 1.54) is 0 Å². The molecule has 3 rings (SSSR count). The Bertz CT molecular complexity index is 1010. The number of anilines is 2.